The van der Waals surface area contributed by atoms with Crippen molar-refractivity contribution in [1.82, 2.24) is 4.31 Å². The van der Waals surface area contributed by atoms with Crippen LogP contribution in [0.3, 0.4) is 0 Å². The molecule has 0 saturated carbocycles. The minimum atomic E-state index is -3.54. The smallest absolute Gasteiger partial charge is 0.242 e. The largest absolute Gasteiger partial charge is 0.496 e. The molecule has 0 aliphatic carbocycles. The quantitative estimate of drug-likeness (QED) is 0.726. The average Bonchev–Trinajstić information content (AvgIpc) is 2.62. The maximum atomic E-state index is 12.2. The van der Waals surface area contributed by atoms with Crippen LogP contribution >= 0.6 is 11.8 Å². The third-order valence-corrected chi connectivity index (χ3v) is 6.62. The number of thioether (sulfide) groups is 1. The number of benzene rings is 2. The lowest BCUT2D eigenvalue weighted by Gasteiger charge is -2.13. The molecule has 0 heterocycles. The molecule has 2 aromatic rings. The molecule has 1 N–H and O–H groups in total. The summed E-state index contributed by atoms with van der Waals surface area (Å²) in [5, 5.41) is 2.75. The van der Waals surface area contributed by atoms with Crippen LogP contribution in [0.25, 0.3) is 0 Å². The van der Waals surface area contributed by atoms with Gasteiger partial charge in [0.1, 0.15) is 5.75 Å². The van der Waals surface area contributed by atoms with Crippen molar-refractivity contribution < 1.29 is 17.9 Å². The van der Waals surface area contributed by atoms with Gasteiger partial charge in [-0.05, 0) is 31.2 Å². The first-order valence-electron chi connectivity index (χ1n) is 8.27. The summed E-state index contributed by atoms with van der Waals surface area (Å²) in [5.74, 6) is 1.51. The van der Waals surface area contributed by atoms with Crippen LogP contribution in [0.2, 0.25) is 0 Å². The van der Waals surface area contributed by atoms with Crippen molar-refractivity contribution in [3.63, 3.8) is 0 Å². The maximum Gasteiger partial charge on any atom is 0.242 e. The van der Waals surface area contributed by atoms with E-state index in [-0.39, 0.29) is 16.6 Å². The molecule has 0 saturated heterocycles. The minimum Gasteiger partial charge on any atom is -0.496 e. The number of carbonyl (C=O) groups is 1. The number of methoxy groups -OCH3 is 1. The predicted octanol–water partition coefficient (Wildman–Crippen LogP) is 3.13. The monoisotopic (exact) mass is 408 g/mol. The third-order valence-electron chi connectivity index (χ3n) is 3.82. The van der Waals surface area contributed by atoms with Gasteiger partial charge < -0.3 is 10.1 Å². The Balaban J connectivity index is 1.96. The van der Waals surface area contributed by atoms with Crippen LogP contribution in [0.5, 0.6) is 5.75 Å². The Hall–Kier alpha value is -2.03. The van der Waals surface area contributed by atoms with Crippen molar-refractivity contribution in [2.75, 3.05) is 32.3 Å². The molecule has 27 heavy (non-hydrogen) atoms. The van der Waals surface area contributed by atoms with E-state index in [1.54, 1.807) is 19.2 Å². The zero-order valence-electron chi connectivity index (χ0n) is 15.9. The van der Waals surface area contributed by atoms with Gasteiger partial charge in [-0.3, -0.25) is 4.79 Å². The molecule has 0 bridgehead atoms. The van der Waals surface area contributed by atoms with Gasteiger partial charge in [0, 0.05) is 31.1 Å². The molecule has 0 fully saturated rings. The number of nitrogens with one attached hydrogen (secondary N) is 1. The molecule has 2 aromatic carbocycles. The first-order chi connectivity index (χ1) is 12.7. The first kappa shape index (κ1) is 21.3. The molecule has 0 spiro atoms. The van der Waals surface area contributed by atoms with E-state index < -0.39 is 10.0 Å². The van der Waals surface area contributed by atoms with Crippen molar-refractivity contribution in [3.8, 4) is 5.75 Å². The lowest BCUT2D eigenvalue weighted by Crippen LogP contribution is -2.22. The Morgan fingerprint density at radius 3 is 2.59 bits per heavy atom. The summed E-state index contributed by atoms with van der Waals surface area (Å²) in [7, 11) is 1.03. The second-order valence-electron chi connectivity index (χ2n) is 6.17. The fraction of sp³-hybridized carbons (Fsp3) is 0.316. The van der Waals surface area contributed by atoms with Crippen LogP contribution in [0, 0.1) is 6.92 Å². The SMILES string of the molecule is COc1ccc(C)cc1CSCC(=O)Nc1cccc(S(=O)(=O)N(C)C)c1. The Bertz CT molecular complexity index is 912. The number of anilines is 1. The molecule has 0 aliphatic heterocycles. The Labute approximate surface area is 165 Å². The molecule has 0 unspecified atom stereocenters. The van der Waals surface area contributed by atoms with Gasteiger partial charge in [-0.1, -0.05) is 23.8 Å². The van der Waals surface area contributed by atoms with E-state index >= 15 is 0 Å². The van der Waals surface area contributed by atoms with Crippen LogP contribution in [0.1, 0.15) is 11.1 Å². The number of carbonyl (C=O) groups excluding carboxylic acids is 1. The maximum absolute atomic E-state index is 12.2. The van der Waals surface area contributed by atoms with E-state index in [2.05, 4.69) is 5.32 Å². The second-order valence-corrected chi connectivity index (χ2v) is 9.31. The van der Waals surface area contributed by atoms with Gasteiger partial charge in [-0.15, -0.1) is 11.8 Å². The average molecular weight is 409 g/mol. The highest BCUT2D eigenvalue weighted by atomic mass is 32.2. The lowest BCUT2D eigenvalue weighted by molar-refractivity contribution is -0.113. The molecule has 0 radical (unpaired) electrons. The third kappa shape index (κ3) is 5.72. The number of nitrogens with zero attached hydrogens (tertiary/aromatic N) is 1. The van der Waals surface area contributed by atoms with E-state index in [4.69, 9.17) is 4.74 Å². The van der Waals surface area contributed by atoms with E-state index in [1.807, 2.05) is 25.1 Å². The fourth-order valence-corrected chi connectivity index (χ4v) is 4.17. The van der Waals surface area contributed by atoms with Gasteiger partial charge in [0.25, 0.3) is 0 Å². The van der Waals surface area contributed by atoms with E-state index in [0.29, 0.717) is 11.4 Å². The number of amides is 1. The van der Waals surface area contributed by atoms with Crippen molar-refractivity contribution in [3.05, 3.63) is 53.6 Å². The van der Waals surface area contributed by atoms with E-state index in [1.165, 1.54) is 38.0 Å². The molecule has 146 valence electrons. The van der Waals surface area contributed by atoms with Crippen molar-refractivity contribution in [1.29, 1.82) is 0 Å². The number of rotatable bonds is 8. The summed E-state index contributed by atoms with van der Waals surface area (Å²) < 4.78 is 30.8. The van der Waals surface area contributed by atoms with Gasteiger partial charge >= 0.3 is 0 Å². The summed E-state index contributed by atoms with van der Waals surface area (Å²) in [6, 6.07) is 12.2. The van der Waals surface area contributed by atoms with E-state index in [0.717, 1.165) is 21.2 Å². The zero-order chi connectivity index (χ0) is 20.0. The number of sulfonamides is 1. The summed E-state index contributed by atoms with van der Waals surface area (Å²) >= 11 is 1.47. The van der Waals surface area contributed by atoms with Gasteiger partial charge in [-0.25, -0.2) is 12.7 Å². The van der Waals surface area contributed by atoms with Gasteiger partial charge in [0.2, 0.25) is 15.9 Å². The molecule has 8 heteroatoms. The van der Waals surface area contributed by atoms with Crippen molar-refractivity contribution in [2.24, 2.45) is 0 Å². The molecule has 2 rings (SSSR count). The second kappa shape index (κ2) is 9.25. The number of ether oxygens (including phenoxy) is 1. The van der Waals surface area contributed by atoms with Gasteiger partial charge in [-0.2, -0.15) is 0 Å². The predicted molar refractivity (Wildman–Crippen MR) is 110 cm³/mol. The molecule has 0 atom stereocenters. The van der Waals surface area contributed by atoms with Crippen molar-refractivity contribution >= 4 is 33.4 Å². The molecule has 1 amide bonds. The fourth-order valence-electron chi connectivity index (χ4n) is 2.42. The Kier molecular flexibility index (Phi) is 7.29. The van der Waals surface area contributed by atoms with Crippen LogP contribution < -0.4 is 10.1 Å². The number of hydrogen-bond acceptors (Lipinski definition) is 5. The highest BCUT2D eigenvalue weighted by molar-refractivity contribution is 7.99. The summed E-state index contributed by atoms with van der Waals surface area (Å²) in [5.41, 5.74) is 2.63. The minimum absolute atomic E-state index is 0.141. The van der Waals surface area contributed by atoms with Crippen LogP contribution in [-0.2, 0) is 20.6 Å². The summed E-state index contributed by atoms with van der Waals surface area (Å²) in [6.45, 7) is 2.01. The Morgan fingerprint density at radius 2 is 1.93 bits per heavy atom. The molecule has 0 aromatic heterocycles. The van der Waals surface area contributed by atoms with Crippen LogP contribution in [0.15, 0.2) is 47.4 Å². The lowest BCUT2D eigenvalue weighted by atomic mass is 10.1. The molecule has 0 aliphatic rings. The van der Waals surface area contributed by atoms with E-state index in [9.17, 15) is 13.2 Å². The number of hydrogen-bond donors (Lipinski definition) is 1. The highest BCUT2D eigenvalue weighted by Crippen LogP contribution is 2.24. The Morgan fingerprint density at radius 1 is 1.19 bits per heavy atom. The van der Waals surface area contributed by atoms with Crippen LogP contribution in [0.4, 0.5) is 5.69 Å². The summed E-state index contributed by atoms with van der Waals surface area (Å²) in [6.07, 6.45) is 0. The highest BCUT2D eigenvalue weighted by Gasteiger charge is 2.17. The molecular formula is C19H24N2O4S2. The summed E-state index contributed by atoms with van der Waals surface area (Å²) in [4.78, 5) is 12.3. The molecular weight excluding hydrogens is 384 g/mol. The standard InChI is InChI=1S/C19H24N2O4S2/c1-14-8-9-18(25-4)15(10-14)12-26-13-19(22)20-16-6-5-7-17(11-16)27(23,24)21(2)3/h5-11H,12-13H2,1-4H3,(H,20,22). The van der Waals surface area contributed by atoms with Crippen molar-refractivity contribution in [2.45, 2.75) is 17.6 Å². The van der Waals surface area contributed by atoms with Gasteiger partial charge in [0.05, 0.1) is 17.8 Å². The van der Waals surface area contributed by atoms with Crippen LogP contribution in [-0.4, -0.2) is 45.6 Å². The van der Waals surface area contributed by atoms with Gasteiger partial charge in [0.15, 0.2) is 0 Å². The zero-order valence-corrected chi connectivity index (χ0v) is 17.5. The number of aryl methyl sites for hydroxylation is 1. The first-order valence-corrected chi connectivity index (χ1v) is 10.9. The molecule has 6 nitrogen and oxygen atoms in total. The topological polar surface area (TPSA) is 75.7 Å². The normalized spacial score (nSPS) is 11.4.